The Morgan fingerprint density at radius 1 is 0.971 bits per heavy atom. The van der Waals surface area contributed by atoms with Crippen LogP contribution in [0.3, 0.4) is 0 Å². The molecule has 1 aliphatic carbocycles. The fraction of sp³-hybridized carbons (Fsp3) is 0.444. The van der Waals surface area contributed by atoms with Gasteiger partial charge in [0.05, 0.1) is 16.0 Å². The van der Waals surface area contributed by atoms with Crippen molar-refractivity contribution in [3.05, 3.63) is 64.7 Å². The molecule has 2 fully saturated rings. The predicted octanol–water partition coefficient (Wildman–Crippen LogP) is 4.92. The zero-order chi connectivity index (χ0) is 24.1. The number of carbonyl (C=O) groups excluding carboxylic acids is 3. The summed E-state index contributed by atoms with van der Waals surface area (Å²) in [4.78, 5) is 40.3. The monoisotopic (exact) mass is 481 g/mol. The standard InChI is InChI=1S/C27H32ClN3O3/c1-19(32)31-16-14-27(15-17-31,20-8-4-2-5-9-20)26(34)30-22-12-13-24(28)23(18-22)25(33)29-21-10-6-3-7-11-21/h2,4-5,8-9,12-13,18,21H,3,6-7,10-11,14-17H2,1H3,(H,29,33)(H,30,34). The molecule has 1 aliphatic heterocycles. The summed E-state index contributed by atoms with van der Waals surface area (Å²) in [6.45, 7) is 2.60. The predicted molar refractivity (Wildman–Crippen MR) is 134 cm³/mol. The molecule has 1 saturated heterocycles. The van der Waals surface area contributed by atoms with Gasteiger partial charge in [-0.15, -0.1) is 0 Å². The summed E-state index contributed by atoms with van der Waals surface area (Å²) in [5, 5.41) is 6.50. The van der Waals surface area contributed by atoms with Gasteiger partial charge in [0.25, 0.3) is 5.91 Å². The van der Waals surface area contributed by atoms with E-state index in [-0.39, 0.29) is 23.8 Å². The summed E-state index contributed by atoms with van der Waals surface area (Å²) < 4.78 is 0. The first kappa shape index (κ1) is 24.3. The summed E-state index contributed by atoms with van der Waals surface area (Å²) in [7, 11) is 0. The van der Waals surface area contributed by atoms with E-state index >= 15 is 0 Å². The van der Waals surface area contributed by atoms with E-state index in [9.17, 15) is 14.4 Å². The van der Waals surface area contributed by atoms with E-state index in [1.165, 1.54) is 6.42 Å². The van der Waals surface area contributed by atoms with Crippen LogP contribution in [0.25, 0.3) is 0 Å². The van der Waals surface area contributed by atoms with Crippen molar-refractivity contribution >= 4 is 35.0 Å². The molecule has 3 amide bonds. The molecule has 0 spiro atoms. The fourth-order valence-corrected chi connectivity index (χ4v) is 5.35. The second-order valence-corrected chi connectivity index (χ2v) is 9.82. The van der Waals surface area contributed by atoms with Crippen molar-refractivity contribution in [1.29, 1.82) is 0 Å². The topological polar surface area (TPSA) is 78.5 Å². The number of nitrogens with one attached hydrogen (secondary N) is 2. The van der Waals surface area contributed by atoms with Gasteiger partial charge in [-0.1, -0.05) is 61.2 Å². The minimum absolute atomic E-state index is 0.0217. The maximum Gasteiger partial charge on any atom is 0.253 e. The highest BCUT2D eigenvalue weighted by molar-refractivity contribution is 6.34. The molecular weight excluding hydrogens is 450 g/mol. The minimum Gasteiger partial charge on any atom is -0.349 e. The number of halogens is 1. The quantitative estimate of drug-likeness (QED) is 0.636. The second kappa shape index (κ2) is 10.6. The Bertz CT molecular complexity index is 1040. The molecule has 0 radical (unpaired) electrons. The molecule has 0 unspecified atom stereocenters. The number of hydrogen-bond donors (Lipinski definition) is 2. The van der Waals surface area contributed by atoms with Gasteiger partial charge in [-0.3, -0.25) is 14.4 Å². The van der Waals surface area contributed by atoms with Crippen LogP contribution in [0.1, 0.15) is 67.8 Å². The van der Waals surface area contributed by atoms with Crippen molar-refractivity contribution in [2.24, 2.45) is 0 Å². The lowest BCUT2D eigenvalue weighted by molar-refractivity contribution is -0.133. The number of hydrogen-bond acceptors (Lipinski definition) is 3. The van der Waals surface area contributed by atoms with Gasteiger partial charge in [0, 0.05) is 31.7 Å². The Labute approximate surface area is 206 Å². The summed E-state index contributed by atoms with van der Waals surface area (Å²) >= 11 is 6.35. The highest BCUT2D eigenvalue weighted by Crippen LogP contribution is 2.37. The molecule has 7 heteroatoms. The van der Waals surface area contributed by atoms with Crippen molar-refractivity contribution in [3.8, 4) is 0 Å². The first-order chi connectivity index (χ1) is 16.4. The van der Waals surface area contributed by atoms with Gasteiger partial charge in [-0.05, 0) is 49.4 Å². The molecule has 34 heavy (non-hydrogen) atoms. The van der Waals surface area contributed by atoms with Gasteiger partial charge in [-0.2, -0.15) is 0 Å². The lowest BCUT2D eigenvalue weighted by Crippen LogP contribution is -2.50. The van der Waals surface area contributed by atoms with E-state index in [2.05, 4.69) is 10.6 Å². The molecule has 0 bridgehead atoms. The fourth-order valence-electron chi connectivity index (χ4n) is 5.15. The third-order valence-corrected chi connectivity index (χ3v) is 7.56. The zero-order valence-corrected chi connectivity index (χ0v) is 20.4. The number of nitrogens with zero attached hydrogens (tertiary/aromatic N) is 1. The Morgan fingerprint density at radius 3 is 2.29 bits per heavy atom. The Kier molecular flexibility index (Phi) is 7.57. The van der Waals surface area contributed by atoms with Crippen LogP contribution in [0.2, 0.25) is 5.02 Å². The number of anilines is 1. The van der Waals surface area contributed by atoms with E-state index < -0.39 is 5.41 Å². The van der Waals surface area contributed by atoms with Crippen LogP contribution in [0.15, 0.2) is 48.5 Å². The van der Waals surface area contributed by atoms with Crippen LogP contribution in [0.4, 0.5) is 5.69 Å². The number of rotatable bonds is 5. The molecule has 0 atom stereocenters. The molecular formula is C27H32ClN3O3. The third-order valence-electron chi connectivity index (χ3n) is 7.23. The van der Waals surface area contributed by atoms with Crippen LogP contribution in [0, 0.1) is 0 Å². The van der Waals surface area contributed by atoms with E-state index in [1.807, 2.05) is 30.3 Å². The lowest BCUT2D eigenvalue weighted by atomic mass is 9.72. The number of piperidine rings is 1. The van der Waals surface area contributed by atoms with Gasteiger partial charge >= 0.3 is 0 Å². The maximum absolute atomic E-state index is 13.7. The first-order valence-corrected chi connectivity index (χ1v) is 12.5. The highest BCUT2D eigenvalue weighted by atomic mass is 35.5. The normalized spacial score (nSPS) is 18.2. The smallest absolute Gasteiger partial charge is 0.253 e. The van der Waals surface area contributed by atoms with E-state index in [1.54, 1.807) is 30.0 Å². The van der Waals surface area contributed by atoms with Crippen LogP contribution in [0.5, 0.6) is 0 Å². The van der Waals surface area contributed by atoms with Crippen molar-refractivity contribution in [1.82, 2.24) is 10.2 Å². The molecule has 2 aromatic carbocycles. The van der Waals surface area contributed by atoms with Gasteiger partial charge in [0.15, 0.2) is 0 Å². The van der Waals surface area contributed by atoms with Crippen LogP contribution >= 0.6 is 11.6 Å². The van der Waals surface area contributed by atoms with Crippen LogP contribution in [-0.2, 0) is 15.0 Å². The van der Waals surface area contributed by atoms with Crippen molar-refractivity contribution < 1.29 is 14.4 Å². The average Bonchev–Trinajstić information content (AvgIpc) is 2.86. The van der Waals surface area contributed by atoms with E-state index in [0.29, 0.717) is 42.2 Å². The van der Waals surface area contributed by atoms with Gasteiger partial charge < -0.3 is 15.5 Å². The highest BCUT2D eigenvalue weighted by Gasteiger charge is 2.43. The van der Waals surface area contributed by atoms with E-state index in [0.717, 1.165) is 31.2 Å². The second-order valence-electron chi connectivity index (χ2n) is 9.41. The first-order valence-electron chi connectivity index (χ1n) is 12.1. The number of benzene rings is 2. The molecule has 1 heterocycles. The third kappa shape index (κ3) is 5.27. The Morgan fingerprint density at radius 2 is 1.65 bits per heavy atom. The van der Waals surface area contributed by atoms with Crippen LogP contribution in [-0.4, -0.2) is 41.8 Å². The summed E-state index contributed by atoms with van der Waals surface area (Å²) in [5.41, 5.74) is 1.08. The molecule has 1 saturated carbocycles. The maximum atomic E-state index is 13.7. The largest absolute Gasteiger partial charge is 0.349 e. The Balaban J connectivity index is 1.54. The number of amides is 3. The number of carbonyl (C=O) groups is 3. The molecule has 2 aromatic rings. The van der Waals surface area contributed by atoms with Crippen molar-refractivity contribution in [3.63, 3.8) is 0 Å². The summed E-state index contributed by atoms with van der Waals surface area (Å²) in [5.74, 6) is -0.322. The molecule has 6 nitrogen and oxygen atoms in total. The van der Waals surface area contributed by atoms with Gasteiger partial charge in [0.2, 0.25) is 11.8 Å². The number of likely N-dealkylation sites (tertiary alicyclic amines) is 1. The summed E-state index contributed by atoms with van der Waals surface area (Å²) in [6, 6.07) is 14.9. The Hall–Kier alpha value is -2.86. The van der Waals surface area contributed by atoms with Crippen LogP contribution < -0.4 is 10.6 Å². The molecule has 2 aliphatic rings. The summed E-state index contributed by atoms with van der Waals surface area (Å²) in [6.07, 6.45) is 6.49. The van der Waals surface area contributed by atoms with Crippen molar-refractivity contribution in [2.75, 3.05) is 18.4 Å². The zero-order valence-electron chi connectivity index (χ0n) is 19.6. The average molecular weight is 482 g/mol. The van der Waals surface area contributed by atoms with Gasteiger partial charge in [0.1, 0.15) is 0 Å². The van der Waals surface area contributed by atoms with E-state index in [4.69, 9.17) is 11.6 Å². The minimum atomic E-state index is -0.753. The van der Waals surface area contributed by atoms with Gasteiger partial charge in [-0.25, -0.2) is 0 Å². The molecule has 180 valence electrons. The molecule has 4 rings (SSSR count). The molecule has 2 N–H and O–H groups in total. The molecule has 0 aromatic heterocycles. The SMILES string of the molecule is CC(=O)N1CCC(C(=O)Nc2ccc(Cl)c(C(=O)NC3CCCCC3)c2)(c2ccccc2)CC1. The lowest BCUT2D eigenvalue weighted by Gasteiger charge is -2.40. The van der Waals surface area contributed by atoms with Crippen molar-refractivity contribution in [2.45, 2.75) is 63.3 Å².